The topological polar surface area (TPSA) is 81.9 Å². The van der Waals surface area contributed by atoms with Crippen molar-refractivity contribution in [3.8, 4) is 6.07 Å². The Morgan fingerprint density at radius 3 is 2.79 bits per heavy atom. The maximum Gasteiger partial charge on any atom is 0.271 e. The number of piperidine rings is 1. The first-order valence-electron chi connectivity index (χ1n) is 6.07. The van der Waals surface area contributed by atoms with Gasteiger partial charge in [0.15, 0.2) is 0 Å². The smallest absolute Gasteiger partial charge is 0.271 e. The zero-order chi connectivity index (χ0) is 13.7. The van der Waals surface area contributed by atoms with Crippen molar-refractivity contribution in [1.82, 2.24) is 20.2 Å². The van der Waals surface area contributed by atoms with Gasteiger partial charge < -0.3 is 5.32 Å². The molecule has 0 bridgehead atoms. The first-order valence-corrected chi connectivity index (χ1v) is 6.44. The van der Waals surface area contributed by atoms with Gasteiger partial charge in [0.1, 0.15) is 10.8 Å². The molecule has 1 aromatic heterocycles. The molecule has 1 N–H and O–H groups in total. The summed E-state index contributed by atoms with van der Waals surface area (Å²) in [5, 5.41) is 11.8. The van der Waals surface area contributed by atoms with E-state index in [9.17, 15) is 4.79 Å². The number of nitrogens with zero attached hydrogens (tertiary/aromatic N) is 4. The normalized spacial score (nSPS) is 16.8. The average molecular weight is 280 g/mol. The summed E-state index contributed by atoms with van der Waals surface area (Å²) in [7, 11) is 0. The first kappa shape index (κ1) is 13.7. The van der Waals surface area contributed by atoms with Crippen LogP contribution in [0, 0.1) is 11.3 Å². The zero-order valence-electron chi connectivity index (χ0n) is 10.3. The summed E-state index contributed by atoms with van der Waals surface area (Å²) in [6, 6.07) is 2.26. The molecule has 1 aliphatic rings. The fraction of sp³-hybridized carbons (Fsp3) is 0.500. The summed E-state index contributed by atoms with van der Waals surface area (Å²) in [5.41, 5.74) is 0.267. The molecule has 0 aliphatic carbocycles. The molecule has 0 radical (unpaired) electrons. The van der Waals surface area contributed by atoms with E-state index in [0.29, 0.717) is 6.54 Å². The van der Waals surface area contributed by atoms with Gasteiger partial charge in [-0.25, -0.2) is 9.97 Å². The Labute approximate surface area is 116 Å². The highest BCUT2D eigenvalue weighted by molar-refractivity contribution is 6.29. The lowest BCUT2D eigenvalue weighted by Gasteiger charge is -2.30. The van der Waals surface area contributed by atoms with Crippen LogP contribution in [0.2, 0.25) is 5.15 Å². The predicted octanol–water partition coefficient (Wildman–Crippen LogP) is 0.848. The molecule has 19 heavy (non-hydrogen) atoms. The molecule has 1 aliphatic heterocycles. The van der Waals surface area contributed by atoms with Crippen LogP contribution in [0.3, 0.4) is 0 Å². The minimum Gasteiger partial charge on any atom is -0.348 e. The third-order valence-corrected chi connectivity index (χ3v) is 3.27. The van der Waals surface area contributed by atoms with Gasteiger partial charge in [-0.3, -0.25) is 9.69 Å². The van der Waals surface area contributed by atoms with Gasteiger partial charge in [-0.15, -0.1) is 0 Å². The molecule has 0 saturated carbocycles. The van der Waals surface area contributed by atoms with Gasteiger partial charge in [0.2, 0.25) is 0 Å². The van der Waals surface area contributed by atoms with Crippen LogP contribution in [-0.4, -0.2) is 46.5 Å². The van der Waals surface area contributed by atoms with Gasteiger partial charge in [0.05, 0.1) is 25.0 Å². The van der Waals surface area contributed by atoms with E-state index in [1.54, 1.807) is 0 Å². The van der Waals surface area contributed by atoms with Crippen molar-refractivity contribution in [2.75, 3.05) is 19.6 Å². The molecular formula is C12H14ClN5O. The molecular weight excluding hydrogens is 266 g/mol. The number of rotatable bonds is 3. The van der Waals surface area contributed by atoms with E-state index >= 15 is 0 Å². The van der Waals surface area contributed by atoms with Crippen LogP contribution in [0.15, 0.2) is 12.4 Å². The Balaban J connectivity index is 1.84. The van der Waals surface area contributed by atoms with Crippen molar-refractivity contribution in [2.24, 2.45) is 0 Å². The number of hydrogen-bond donors (Lipinski definition) is 1. The predicted molar refractivity (Wildman–Crippen MR) is 69.6 cm³/mol. The number of hydrogen-bond acceptors (Lipinski definition) is 5. The minimum atomic E-state index is -0.233. The monoisotopic (exact) mass is 279 g/mol. The number of carbonyl (C=O) groups is 1. The average Bonchev–Trinajstić information content (AvgIpc) is 2.42. The van der Waals surface area contributed by atoms with Gasteiger partial charge in [-0.2, -0.15) is 5.26 Å². The lowest BCUT2D eigenvalue weighted by Crippen LogP contribution is -2.44. The van der Waals surface area contributed by atoms with Crippen LogP contribution >= 0.6 is 11.6 Å². The number of carbonyl (C=O) groups excluding carboxylic acids is 1. The maximum absolute atomic E-state index is 11.9. The number of aromatic nitrogens is 2. The molecule has 1 amide bonds. The van der Waals surface area contributed by atoms with E-state index in [2.05, 4.69) is 26.3 Å². The summed E-state index contributed by atoms with van der Waals surface area (Å²) in [6.45, 7) is 2.10. The number of amides is 1. The summed E-state index contributed by atoms with van der Waals surface area (Å²) < 4.78 is 0. The van der Waals surface area contributed by atoms with Crippen molar-refractivity contribution in [2.45, 2.75) is 18.9 Å². The van der Waals surface area contributed by atoms with E-state index < -0.39 is 0 Å². The third kappa shape index (κ3) is 3.88. The van der Waals surface area contributed by atoms with Crippen molar-refractivity contribution < 1.29 is 4.79 Å². The second-order valence-electron chi connectivity index (χ2n) is 4.41. The Hall–Kier alpha value is -1.71. The highest BCUT2D eigenvalue weighted by atomic mass is 35.5. The van der Waals surface area contributed by atoms with Crippen LogP contribution in [0.25, 0.3) is 0 Å². The molecule has 1 saturated heterocycles. The Kier molecular flexibility index (Phi) is 4.66. The zero-order valence-corrected chi connectivity index (χ0v) is 11.1. The SMILES string of the molecule is N#CCN1CCC(NC(=O)c2cnc(Cl)cn2)CC1. The number of halogens is 1. The Morgan fingerprint density at radius 2 is 2.21 bits per heavy atom. The van der Waals surface area contributed by atoms with Crippen LogP contribution in [0.4, 0.5) is 0 Å². The van der Waals surface area contributed by atoms with Crippen LogP contribution < -0.4 is 5.32 Å². The van der Waals surface area contributed by atoms with E-state index in [1.807, 2.05) is 0 Å². The van der Waals surface area contributed by atoms with Gasteiger partial charge >= 0.3 is 0 Å². The number of nitriles is 1. The second kappa shape index (κ2) is 6.45. The quantitative estimate of drug-likeness (QED) is 0.830. The Morgan fingerprint density at radius 1 is 1.47 bits per heavy atom. The fourth-order valence-electron chi connectivity index (χ4n) is 2.02. The third-order valence-electron chi connectivity index (χ3n) is 3.07. The largest absolute Gasteiger partial charge is 0.348 e. The molecule has 0 unspecified atom stereocenters. The molecule has 6 nitrogen and oxygen atoms in total. The number of likely N-dealkylation sites (tertiary alicyclic amines) is 1. The summed E-state index contributed by atoms with van der Waals surface area (Å²) in [4.78, 5) is 21.7. The molecule has 7 heteroatoms. The summed E-state index contributed by atoms with van der Waals surface area (Å²) >= 11 is 5.62. The first-order chi connectivity index (χ1) is 9.19. The minimum absolute atomic E-state index is 0.125. The molecule has 1 fully saturated rings. The standard InChI is InChI=1S/C12H14ClN5O/c13-11-8-15-10(7-16-11)12(19)17-9-1-4-18(5-2-9)6-3-14/h7-9H,1-2,4-6H2,(H,17,19). The van der Waals surface area contributed by atoms with Gasteiger partial charge in [-0.1, -0.05) is 11.6 Å². The fourth-order valence-corrected chi connectivity index (χ4v) is 2.12. The van der Waals surface area contributed by atoms with Gasteiger partial charge in [0.25, 0.3) is 5.91 Å². The van der Waals surface area contributed by atoms with Crippen LogP contribution in [-0.2, 0) is 0 Å². The lowest BCUT2D eigenvalue weighted by molar-refractivity contribution is 0.0909. The molecule has 0 atom stereocenters. The highest BCUT2D eigenvalue weighted by Crippen LogP contribution is 2.10. The van der Waals surface area contributed by atoms with Crippen molar-refractivity contribution >= 4 is 17.5 Å². The van der Waals surface area contributed by atoms with Gasteiger partial charge in [-0.05, 0) is 12.8 Å². The van der Waals surface area contributed by atoms with E-state index in [4.69, 9.17) is 16.9 Å². The summed E-state index contributed by atoms with van der Waals surface area (Å²) in [5.74, 6) is -0.233. The molecule has 1 aromatic rings. The highest BCUT2D eigenvalue weighted by Gasteiger charge is 2.21. The van der Waals surface area contributed by atoms with Gasteiger partial charge in [0, 0.05) is 19.1 Å². The molecule has 100 valence electrons. The van der Waals surface area contributed by atoms with E-state index in [-0.39, 0.29) is 22.8 Å². The molecule has 0 aromatic carbocycles. The van der Waals surface area contributed by atoms with Crippen LogP contribution in [0.1, 0.15) is 23.3 Å². The number of nitrogens with one attached hydrogen (secondary N) is 1. The summed E-state index contributed by atoms with van der Waals surface area (Å²) in [6.07, 6.45) is 4.40. The second-order valence-corrected chi connectivity index (χ2v) is 4.79. The molecule has 0 spiro atoms. The van der Waals surface area contributed by atoms with Crippen molar-refractivity contribution in [1.29, 1.82) is 5.26 Å². The van der Waals surface area contributed by atoms with Crippen LogP contribution in [0.5, 0.6) is 0 Å². The van der Waals surface area contributed by atoms with Crippen molar-refractivity contribution in [3.63, 3.8) is 0 Å². The van der Waals surface area contributed by atoms with E-state index in [0.717, 1.165) is 25.9 Å². The molecule has 2 heterocycles. The molecule has 2 rings (SSSR count). The van der Waals surface area contributed by atoms with Crippen molar-refractivity contribution in [3.05, 3.63) is 23.2 Å². The van der Waals surface area contributed by atoms with E-state index in [1.165, 1.54) is 12.4 Å². The maximum atomic E-state index is 11.9. The Bertz CT molecular complexity index is 476. The lowest BCUT2D eigenvalue weighted by atomic mass is 10.1.